The summed E-state index contributed by atoms with van der Waals surface area (Å²) in [6.07, 6.45) is 0. The summed E-state index contributed by atoms with van der Waals surface area (Å²) in [6.45, 7) is 1.87. The largest absolute Gasteiger partial charge is 0.493 e. The van der Waals surface area contributed by atoms with Crippen LogP contribution in [0.3, 0.4) is 0 Å². The molecule has 0 bridgehead atoms. The Morgan fingerprint density at radius 2 is 1.80 bits per heavy atom. The fourth-order valence-corrected chi connectivity index (χ4v) is 2.83. The molecule has 3 rings (SSSR count). The maximum atomic E-state index is 13.9. The lowest BCUT2D eigenvalue weighted by Crippen LogP contribution is -2.02. The molecule has 1 heterocycles. The van der Waals surface area contributed by atoms with Crippen LogP contribution in [0.15, 0.2) is 36.4 Å². The average molecular weight is 362 g/mol. The average Bonchev–Trinajstić information content (AvgIpc) is 2.60. The number of ether oxygens (including phenoxy) is 3. The molecule has 0 amide bonds. The van der Waals surface area contributed by atoms with E-state index >= 15 is 0 Å². The fourth-order valence-electron chi connectivity index (χ4n) is 2.61. The highest BCUT2D eigenvalue weighted by atomic mass is 35.5. The number of rotatable bonds is 5. The van der Waals surface area contributed by atoms with E-state index in [2.05, 4.69) is 4.98 Å². The van der Waals surface area contributed by atoms with E-state index in [1.54, 1.807) is 32.4 Å². The summed E-state index contributed by atoms with van der Waals surface area (Å²) < 4.78 is 30.2. The molecule has 0 radical (unpaired) electrons. The van der Waals surface area contributed by atoms with E-state index in [-0.39, 0.29) is 6.61 Å². The Labute approximate surface area is 150 Å². The second-order valence-corrected chi connectivity index (χ2v) is 5.87. The molecule has 0 unspecified atom stereocenters. The summed E-state index contributed by atoms with van der Waals surface area (Å²) in [5.74, 6) is 1.23. The topological polar surface area (TPSA) is 40.6 Å². The molecule has 0 saturated heterocycles. The first kappa shape index (κ1) is 17.3. The quantitative estimate of drug-likeness (QED) is 0.646. The van der Waals surface area contributed by atoms with Gasteiger partial charge in [0.1, 0.15) is 12.4 Å². The number of hydrogen-bond acceptors (Lipinski definition) is 4. The number of nitrogens with zero attached hydrogens (tertiary/aromatic N) is 1. The Balaban J connectivity index is 1.95. The number of aryl methyl sites for hydroxylation is 1. The number of aromatic nitrogens is 1. The zero-order chi connectivity index (χ0) is 18.0. The SMILES string of the molecule is COc1cc2cc(OCc3c(F)cccc3Cl)nc(C)c2cc1OC. The molecule has 1 aromatic heterocycles. The number of methoxy groups -OCH3 is 2. The van der Waals surface area contributed by atoms with Crippen LogP contribution in [0.5, 0.6) is 17.4 Å². The van der Waals surface area contributed by atoms with Gasteiger partial charge < -0.3 is 14.2 Å². The van der Waals surface area contributed by atoms with Gasteiger partial charge in [0, 0.05) is 22.7 Å². The van der Waals surface area contributed by atoms with Crippen molar-refractivity contribution >= 4 is 22.4 Å². The molecule has 6 heteroatoms. The second-order valence-electron chi connectivity index (χ2n) is 5.46. The molecule has 3 aromatic rings. The van der Waals surface area contributed by atoms with E-state index in [0.717, 1.165) is 16.5 Å². The number of halogens is 2. The Kier molecular flexibility index (Phi) is 4.95. The highest BCUT2D eigenvalue weighted by molar-refractivity contribution is 6.31. The maximum Gasteiger partial charge on any atom is 0.214 e. The van der Waals surface area contributed by atoms with Gasteiger partial charge in [-0.15, -0.1) is 0 Å². The van der Waals surface area contributed by atoms with Crippen LogP contribution in [-0.2, 0) is 6.61 Å². The molecule has 0 spiro atoms. The van der Waals surface area contributed by atoms with Crippen molar-refractivity contribution in [2.75, 3.05) is 14.2 Å². The third kappa shape index (κ3) is 3.46. The van der Waals surface area contributed by atoms with Crippen LogP contribution >= 0.6 is 11.6 Å². The zero-order valence-electron chi connectivity index (χ0n) is 14.1. The van der Waals surface area contributed by atoms with Crippen molar-refractivity contribution in [3.05, 3.63) is 58.5 Å². The lowest BCUT2D eigenvalue weighted by molar-refractivity contribution is 0.288. The number of fused-ring (bicyclic) bond motifs is 1. The van der Waals surface area contributed by atoms with E-state index in [4.69, 9.17) is 25.8 Å². The van der Waals surface area contributed by atoms with Crippen molar-refractivity contribution in [1.29, 1.82) is 0 Å². The predicted molar refractivity (Wildman–Crippen MR) is 95.3 cm³/mol. The van der Waals surface area contributed by atoms with Crippen molar-refractivity contribution in [2.24, 2.45) is 0 Å². The standard InChI is InChI=1S/C19H17ClFNO3/c1-11-13-9-18(24-3)17(23-2)7-12(13)8-19(22-11)25-10-14-15(20)5-4-6-16(14)21/h4-9H,10H2,1-3H3. The first-order valence-corrected chi connectivity index (χ1v) is 8.00. The molecule has 0 fully saturated rings. The Hall–Kier alpha value is -2.53. The van der Waals surface area contributed by atoms with Gasteiger partial charge in [-0.3, -0.25) is 0 Å². The molecule has 25 heavy (non-hydrogen) atoms. The Morgan fingerprint density at radius 1 is 1.08 bits per heavy atom. The summed E-state index contributed by atoms with van der Waals surface area (Å²) in [5, 5.41) is 2.14. The molecular formula is C19H17ClFNO3. The van der Waals surface area contributed by atoms with Gasteiger partial charge >= 0.3 is 0 Å². The summed E-state index contributed by atoms with van der Waals surface area (Å²) in [4.78, 5) is 4.42. The van der Waals surface area contributed by atoms with E-state index in [1.165, 1.54) is 6.07 Å². The van der Waals surface area contributed by atoms with Gasteiger partial charge in [-0.25, -0.2) is 9.37 Å². The Morgan fingerprint density at radius 3 is 2.48 bits per heavy atom. The van der Waals surface area contributed by atoms with Gasteiger partial charge in [-0.1, -0.05) is 17.7 Å². The minimum atomic E-state index is -0.406. The smallest absolute Gasteiger partial charge is 0.214 e. The lowest BCUT2D eigenvalue weighted by Gasteiger charge is -2.13. The van der Waals surface area contributed by atoms with Crippen molar-refractivity contribution in [3.63, 3.8) is 0 Å². The van der Waals surface area contributed by atoms with Crippen LogP contribution in [0, 0.1) is 12.7 Å². The molecule has 0 aliphatic rings. The van der Waals surface area contributed by atoms with Gasteiger partial charge in [0.05, 0.1) is 19.2 Å². The predicted octanol–water partition coefficient (Wildman–Crippen LogP) is 4.93. The number of benzene rings is 2. The second kappa shape index (κ2) is 7.15. The monoisotopic (exact) mass is 361 g/mol. The molecule has 2 aromatic carbocycles. The van der Waals surface area contributed by atoms with Crippen LogP contribution in [0.1, 0.15) is 11.3 Å². The van der Waals surface area contributed by atoms with Crippen LogP contribution < -0.4 is 14.2 Å². The molecule has 0 aliphatic carbocycles. The molecular weight excluding hydrogens is 345 g/mol. The highest BCUT2D eigenvalue weighted by Crippen LogP contribution is 2.34. The number of pyridine rings is 1. The zero-order valence-corrected chi connectivity index (χ0v) is 14.9. The molecule has 0 atom stereocenters. The first-order valence-electron chi connectivity index (χ1n) is 7.62. The van der Waals surface area contributed by atoms with Gasteiger partial charge in [-0.05, 0) is 36.6 Å². The van der Waals surface area contributed by atoms with E-state index < -0.39 is 5.82 Å². The molecule has 0 saturated carbocycles. The van der Waals surface area contributed by atoms with Gasteiger partial charge in [0.15, 0.2) is 11.5 Å². The van der Waals surface area contributed by atoms with Crippen molar-refractivity contribution in [2.45, 2.75) is 13.5 Å². The number of hydrogen-bond donors (Lipinski definition) is 0. The normalized spacial score (nSPS) is 10.8. The summed E-state index contributed by atoms with van der Waals surface area (Å²) in [6, 6.07) is 10.0. The van der Waals surface area contributed by atoms with Crippen LogP contribution in [0.4, 0.5) is 4.39 Å². The Bertz CT molecular complexity index is 910. The molecule has 0 N–H and O–H groups in total. The van der Waals surface area contributed by atoms with Gasteiger partial charge in [-0.2, -0.15) is 0 Å². The van der Waals surface area contributed by atoms with Crippen molar-refractivity contribution < 1.29 is 18.6 Å². The summed E-state index contributed by atoms with van der Waals surface area (Å²) >= 11 is 6.02. The minimum Gasteiger partial charge on any atom is -0.493 e. The van der Waals surface area contributed by atoms with Crippen LogP contribution in [-0.4, -0.2) is 19.2 Å². The summed E-state index contributed by atoms with van der Waals surface area (Å²) in [5.41, 5.74) is 1.07. The van der Waals surface area contributed by atoms with Gasteiger partial charge in [0.2, 0.25) is 5.88 Å². The molecule has 130 valence electrons. The molecule has 0 aliphatic heterocycles. The molecule has 4 nitrogen and oxygen atoms in total. The van der Waals surface area contributed by atoms with Gasteiger partial charge in [0.25, 0.3) is 0 Å². The van der Waals surface area contributed by atoms with Crippen LogP contribution in [0.2, 0.25) is 5.02 Å². The third-order valence-corrected chi connectivity index (χ3v) is 4.28. The fraction of sp³-hybridized carbons (Fsp3) is 0.211. The summed E-state index contributed by atoms with van der Waals surface area (Å²) in [7, 11) is 3.16. The first-order chi connectivity index (χ1) is 12.0. The van der Waals surface area contributed by atoms with E-state index in [0.29, 0.717) is 28.0 Å². The van der Waals surface area contributed by atoms with E-state index in [1.807, 2.05) is 19.1 Å². The van der Waals surface area contributed by atoms with Crippen molar-refractivity contribution in [1.82, 2.24) is 4.98 Å². The highest BCUT2D eigenvalue weighted by Gasteiger charge is 2.12. The lowest BCUT2D eigenvalue weighted by atomic mass is 10.1. The maximum absolute atomic E-state index is 13.9. The van der Waals surface area contributed by atoms with Crippen molar-refractivity contribution in [3.8, 4) is 17.4 Å². The van der Waals surface area contributed by atoms with E-state index in [9.17, 15) is 4.39 Å². The minimum absolute atomic E-state index is 0.00323. The van der Waals surface area contributed by atoms with Crippen LogP contribution in [0.25, 0.3) is 10.8 Å². The third-order valence-electron chi connectivity index (χ3n) is 3.93.